The van der Waals surface area contributed by atoms with E-state index in [-0.39, 0.29) is 0 Å². The number of aromatic nitrogens is 2. The van der Waals surface area contributed by atoms with E-state index in [1.807, 2.05) is 0 Å². The van der Waals surface area contributed by atoms with Crippen LogP contribution in [0.1, 0.15) is 4.79 Å². The minimum atomic E-state index is -0.980. The highest BCUT2D eigenvalue weighted by atomic mass is 16.2. The first kappa shape index (κ1) is 8.43. The van der Waals surface area contributed by atoms with Gasteiger partial charge in [0.1, 0.15) is 0 Å². The van der Waals surface area contributed by atoms with Gasteiger partial charge in [0.15, 0.2) is 0 Å². The smallest absolute Gasteiger partial charge is 0.320 e. The fraction of sp³-hybridized carbons (Fsp3) is 0. The molecule has 0 aliphatic carbocycles. The van der Waals surface area contributed by atoms with E-state index in [4.69, 9.17) is 5.73 Å². The molecule has 0 aliphatic rings. The van der Waals surface area contributed by atoms with Gasteiger partial charge < -0.3 is 5.73 Å². The highest BCUT2D eigenvalue weighted by Crippen LogP contribution is 2.12. The molecule has 2 aromatic rings. The average Bonchev–Trinajstić information content (AvgIpc) is 2.60. The zero-order chi connectivity index (χ0) is 10.1. The lowest BCUT2D eigenvalue weighted by Crippen LogP contribution is -2.28. The molecule has 0 aromatic carbocycles. The number of pyridine rings is 1. The maximum Gasteiger partial charge on any atom is 0.320 e. The van der Waals surface area contributed by atoms with Gasteiger partial charge in [-0.3, -0.25) is 19.1 Å². The topological polar surface area (TPSA) is 78.0 Å². The van der Waals surface area contributed by atoms with Gasteiger partial charge in [-0.05, 0) is 12.1 Å². The summed E-state index contributed by atoms with van der Waals surface area (Å²) in [5.41, 5.74) is 5.47. The van der Waals surface area contributed by atoms with Crippen molar-refractivity contribution in [3.8, 4) is 0 Å². The van der Waals surface area contributed by atoms with Gasteiger partial charge in [0.25, 0.3) is 0 Å². The van der Waals surface area contributed by atoms with Crippen molar-refractivity contribution in [2.75, 3.05) is 0 Å². The first-order chi connectivity index (χ1) is 6.70. The lowest BCUT2D eigenvalue weighted by atomic mass is 10.3. The number of rotatable bonds is 0. The molecule has 14 heavy (non-hydrogen) atoms. The van der Waals surface area contributed by atoms with E-state index < -0.39 is 11.8 Å². The second-order valence-electron chi connectivity index (χ2n) is 2.79. The SMILES string of the molecule is NC(=O)C(=O)n1ccc2ccncc21. The van der Waals surface area contributed by atoms with Crippen LogP contribution < -0.4 is 5.73 Å². The van der Waals surface area contributed by atoms with Crippen molar-refractivity contribution in [1.82, 2.24) is 9.55 Å². The lowest BCUT2D eigenvalue weighted by molar-refractivity contribution is -0.114. The Morgan fingerprint density at radius 3 is 2.86 bits per heavy atom. The molecule has 0 fully saturated rings. The molecule has 5 nitrogen and oxygen atoms in total. The molecule has 1 amide bonds. The molecular formula is C9H7N3O2. The fourth-order valence-corrected chi connectivity index (χ4v) is 1.27. The molecule has 0 bridgehead atoms. The van der Waals surface area contributed by atoms with Gasteiger partial charge in [-0.25, -0.2) is 0 Å². The summed E-state index contributed by atoms with van der Waals surface area (Å²) in [7, 11) is 0. The second-order valence-corrected chi connectivity index (χ2v) is 2.79. The van der Waals surface area contributed by atoms with E-state index >= 15 is 0 Å². The number of nitrogens with zero attached hydrogens (tertiary/aromatic N) is 2. The van der Waals surface area contributed by atoms with Crippen molar-refractivity contribution >= 4 is 22.7 Å². The molecular weight excluding hydrogens is 182 g/mol. The second kappa shape index (κ2) is 2.95. The quantitative estimate of drug-likeness (QED) is 0.599. The van der Waals surface area contributed by atoms with Gasteiger partial charge in [0.2, 0.25) is 0 Å². The molecule has 0 aliphatic heterocycles. The normalized spacial score (nSPS) is 10.3. The van der Waals surface area contributed by atoms with Crippen molar-refractivity contribution < 1.29 is 9.59 Å². The summed E-state index contributed by atoms with van der Waals surface area (Å²) in [5.74, 6) is -1.74. The number of amides is 1. The predicted molar refractivity (Wildman–Crippen MR) is 49.6 cm³/mol. The Labute approximate surface area is 79.1 Å². The zero-order valence-electron chi connectivity index (χ0n) is 7.18. The van der Waals surface area contributed by atoms with E-state index in [9.17, 15) is 9.59 Å². The zero-order valence-corrected chi connectivity index (χ0v) is 7.18. The number of nitrogens with two attached hydrogens (primary N) is 1. The number of carbonyl (C=O) groups is 2. The van der Waals surface area contributed by atoms with E-state index in [2.05, 4.69) is 4.98 Å². The van der Waals surface area contributed by atoms with E-state index in [1.165, 1.54) is 17.0 Å². The summed E-state index contributed by atoms with van der Waals surface area (Å²) in [4.78, 5) is 25.8. The third kappa shape index (κ3) is 1.15. The molecule has 0 spiro atoms. The van der Waals surface area contributed by atoms with Crippen LogP contribution in [0.3, 0.4) is 0 Å². The fourth-order valence-electron chi connectivity index (χ4n) is 1.27. The molecule has 2 aromatic heterocycles. The minimum Gasteiger partial charge on any atom is -0.361 e. The molecule has 0 atom stereocenters. The standard InChI is InChI=1S/C9H7N3O2/c10-8(13)9(14)12-4-2-6-1-3-11-5-7(6)12/h1-5H,(H2,10,13). The maximum atomic E-state index is 11.3. The Bertz CT molecular complexity index is 516. The summed E-state index contributed by atoms with van der Waals surface area (Å²) >= 11 is 0. The summed E-state index contributed by atoms with van der Waals surface area (Å²) < 4.78 is 1.19. The van der Waals surface area contributed by atoms with Crippen LogP contribution in [0.4, 0.5) is 0 Å². The van der Waals surface area contributed by atoms with Crippen LogP contribution in [0.15, 0.2) is 30.7 Å². The Morgan fingerprint density at radius 1 is 1.36 bits per heavy atom. The van der Waals surface area contributed by atoms with E-state index in [0.717, 1.165) is 5.39 Å². The predicted octanol–water partition coefficient (Wildman–Crippen LogP) is 0.162. The molecule has 0 unspecified atom stereocenters. The van der Waals surface area contributed by atoms with Gasteiger partial charge in [-0.15, -0.1) is 0 Å². The van der Waals surface area contributed by atoms with E-state index in [1.54, 1.807) is 18.3 Å². The summed E-state index contributed by atoms with van der Waals surface area (Å²) in [5, 5.41) is 0.842. The van der Waals surface area contributed by atoms with Crippen LogP contribution in [0.2, 0.25) is 0 Å². The average molecular weight is 189 g/mol. The third-order valence-corrected chi connectivity index (χ3v) is 1.93. The number of hydrogen-bond donors (Lipinski definition) is 1. The van der Waals surface area contributed by atoms with Crippen molar-refractivity contribution in [1.29, 1.82) is 0 Å². The van der Waals surface area contributed by atoms with Crippen LogP contribution in [-0.2, 0) is 4.79 Å². The van der Waals surface area contributed by atoms with Crippen LogP contribution in [0.5, 0.6) is 0 Å². The van der Waals surface area contributed by atoms with Crippen LogP contribution in [0.25, 0.3) is 10.9 Å². The monoisotopic (exact) mass is 189 g/mol. The molecule has 0 radical (unpaired) electrons. The largest absolute Gasteiger partial charge is 0.361 e. The van der Waals surface area contributed by atoms with Gasteiger partial charge >= 0.3 is 11.8 Å². The molecule has 0 saturated heterocycles. The van der Waals surface area contributed by atoms with E-state index in [0.29, 0.717) is 5.52 Å². The Hall–Kier alpha value is -2.17. The molecule has 5 heteroatoms. The molecule has 2 N–H and O–H groups in total. The van der Waals surface area contributed by atoms with Gasteiger partial charge in [0, 0.05) is 17.8 Å². The van der Waals surface area contributed by atoms with Gasteiger partial charge in [-0.2, -0.15) is 0 Å². The van der Waals surface area contributed by atoms with Crippen molar-refractivity contribution in [2.45, 2.75) is 0 Å². The Balaban J connectivity index is 2.64. The lowest BCUT2D eigenvalue weighted by Gasteiger charge is -1.98. The molecule has 2 rings (SSSR count). The van der Waals surface area contributed by atoms with Crippen molar-refractivity contribution in [2.24, 2.45) is 5.73 Å². The Kier molecular flexibility index (Phi) is 1.78. The summed E-state index contributed by atoms with van der Waals surface area (Å²) in [6.45, 7) is 0. The van der Waals surface area contributed by atoms with Crippen LogP contribution in [0, 0.1) is 0 Å². The highest BCUT2D eigenvalue weighted by molar-refractivity contribution is 6.36. The molecule has 2 heterocycles. The summed E-state index contributed by atoms with van der Waals surface area (Å²) in [6.07, 6.45) is 4.62. The van der Waals surface area contributed by atoms with Crippen molar-refractivity contribution in [3.05, 3.63) is 30.7 Å². The van der Waals surface area contributed by atoms with Gasteiger partial charge in [0.05, 0.1) is 11.7 Å². The molecule has 0 saturated carbocycles. The summed E-state index contributed by atoms with van der Waals surface area (Å²) in [6, 6.07) is 3.47. The van der Waals surface area contributed by atoms with Crippen molar-refractivity contribution in [3.63, 3.8) is 0 Å². The number of hydrogen-bond acceptors (Lipinski definition) is 3. The van der Waals surface area contributed by atoms with Gasteiger partial charge in [-0.1, -0.05) is 0 Å². The highest BCUT2D eigenvalue weighted by Gasteiger charge is 2.13. The maximum absolute atomic E-state index is 11.3. The number of carbonyl (C=O) groups excluding carboxylic acids is 2. The van der Waals surface area contributed by atoms with Crippen LogP contribution >= 0.6 is 0 Å². The number of primary amides is 1. The first-order valence-corrected chi connectivity index (χ1v) is 3.95. The number of fused-ring (bicyclic) bond motifs is 1. The first-order valence-electron chi connectivity index (χ1n) is 3.95. The van der Waals surface area contributed by atoms with Crippen LogP contribution in [-0.4, -0.2) is 21.4 Å². The minimum absolute atomic E-state index is 0.580. The molecule has 70 valence electrons. The Morgan fingerprint density at radius 2 is 2.14 bits per heavy atom. The third-order valence-electron chi connectivity index (χ3n) is 1.93.